The van der Waals surface area contributed by atoms with Crippen molar-refractivity contribution < 1.29 is 4.74 Å². The van der Waals surface area contributed by atoms with Crippen LogP contribution in [0.3, 0.4) is 0 Å². The van der Waals surface area contributed by atoms with Crippen molar-refractivity contribution in [2.24, 2.45) is 5.92 Å². The van der Waals surface area contributed by atoms with Crippen LogP contribution in [0.4, 0.5) is 0 Å². The summed E-state index contributed by atoms with van der Waals surface area (Å²) in [4.78, 5) is 2.58. The zero-order valence-electron chi connectivity index (χ0n) is 9.78. The van der Waals surface area contributed by atoms with Crippen molar-refractivity contribution in [1.82, 2.24) is 4.90 Å². The molecule has 84 valence electrons. The molecule has 0 amide bonds. The minimum Gasteiger partial charge on any atom is -0.499 e. The highest BCUT2D eigenvalue weighted by atomic mass is 16.5. The second kappa shape index (κ2) is 4.84. The number of allylic oxidation sites excluding steroid dienone is 2. The minimum absolute atomic E-state index is 0.508. The van der Waals surface area contributed by atoms with Crippen molar-refractivity contribution >= 4 is 0 Å². The van der Waals surface area contributed by atoms with Crippen LogP contribution in [-0.4, -0.2) is 31.1 Å². The predicted molar refractivity (Wildman–Crippen MR) is 62.6 cm³/mol. The number of fused-ring (bicyclic) bond motifs is 1. The summed E-state index contributed by atoms with van der Waals surface area (Å²) in [6.45, 7) is 4.66. The van der Waals surface area contributed by atoms with Gasteiger partial charge in [-0.15, -0.1) is 0 Å². The Morgan fingerprint density at radius 3 is 3.13 bits per heavy atom. The highest BCUT2D eigenvalue weighted by molar-refractivity contribution is 5.23. The molecule has 1 aliphatic heterocycles. The van der Waals surface area contributed by atoms with E-state index in [9.17, 15) is 0 Å². The fourth-order valence-electron chi connectivity index (χ4n) is 2.81. The molecule has 0 aromatic heterocycles. The molecule has 2 unspecified atom stereocenters. The van der Waals surface area contributed by atoms with Gasteiger partial charge in [-0.05, 0) is 44.3 Å². The Kier molecular flexibility index (Phi) is 3.47. The lowest BCUT2D eigenvalue weighted by Gasteiger charge is -2.41. The second-order valence-electron chi connectivity index (χ2n) is 4.44. The molecule has 0 aromatic rings. The number of methoxy groups -OCH3 is 1. The van der Waals surface area contributed by atoms with E-state index in [1.807, 2.05) is 0 Å². The SMILES string of the molecule is CCCN1CCCC2C=CC=C(OC)C21. The molecule has 2 nitrogen and oxygen atoms in total. The summed E-state index contributed by atoms with van der Waals surface area (Å²) in [7, 11) is 1.79. The van der Waals surface area contributed by atoms with Crippen molar-refractivity contribution in [2.75, 3.05) is 20.2 Å². The molecular formula is C13H21NO. The fraction of sp³-hybridized carbons (Fsp3) is 0.692. The Morgan fingerprint density at radius 1 is 1.53 bits per heavy atom. The van der Waals surface area contributed by atoms with E-state index in [0.29, 0.717) is 12.0 Å². The smallest absolute Gasteiger partial charge is 0.113 e. The van der Waals surface area contributed by atoms with Crippen molar-refractivity contribution in [3.05, 3.63) is 24.0 Å². The van der Waals surface area contributed by atoms with Crippen molar-refractivity contribution in [3.63, 3.8) is 0 Å². The van der Waals surface area contributed by atoms with Gasteiger partial charge in [0.05, 0.1) is 13.2 Å². The van der Waals surface area contributed by atoms with E-state index in [0.717, 1.165) is 5.76 Å². The number of piperidine rings is 1. The van der Waals surface area contributed by atoms with E-state index in [-0.39, 0.29) is 0 Å². The summed E-state index contributed by atoms with van der Waals surface area (Å²) in [5.74, 6) is 1.82. The number of rotatable bonds is 3. The molecule has 0 spiro atoms. The Balaban J connectivity index is 2.15. The molecule has 1 aliphatic carbocycles. The summed E-state index contributed by atoms with van der Waals surface area (Å²) >= 11 is 0. The molecule has 15 heavy (non-hydrogen) atoms. The molecule has 2 aliphatic rings. The summed E-state index contributed by atoms with van der Waals surface area (Å²) < 4.78 is 5.51. The maximum atomic E-state index is 5.51. The highest BCUT2D eigenvalue weighted by Gasteiger charge is 2.34. The molecule has 0 bridgehead atoms. The maximum Gasteiger partial charge on any atom is 0.113 e. The van der Waals surface area contributed by atoms with Crippen molar-refractivity contribution in [1.29, 1.82) is 0 Å². The molecule has 1 heterocycles. The van der Waals surface area contributed by atoms with Crippen LogP contribution in [0, 0.1) is 5.92 Å². The third-order valence-corrected chi connectivity index (χ3v) is 3.44. The monoisotopic (exact) mass is 207 g/mol. The second-order valence-corrected chi connectivity index (χ2v) is 4.44. The van der Waals surface area contributed by atoms with Gasteiger partial charge >= 0.3 is 0 Å². The predicted octanol–water partition coefficient (Wildman–Crippen LogP) is 2.58. The largest absolute Gasteiger partial charge is 0.499 e. The maximum absolute atomic E-state index is 5.51. The van der Waals surface area contributed by atoms with Crippen LogP contribution in [-0.2, 0) is 4.74 Å². The highest BCUT2D eigenvalue weighted by Crippen LogP contribution is 2.32. The van der Waals surface area contributed by atoms with Gasteiger partial charge in [-0.2, -0.15) is 0 Å². The molecule has 1 fully saturated rings. The molecule has 2 rings (SSSR count). The zero-order valence-corrected chi connectivity index (χ0v) is 9.78. The van der Waals surface area contributed by atoms with Crippen LogP contribution >= 0.6 is 0 Å². The van der Waals surface area contributed by atoms with Gasteiger partial charge in [0.2, 0.25) is 0 Å². The average molecular weight is 207 g/mol. The van der Waals surface area contributed by atoms with Crippen molar-refractivity contribution in [2.45, 2.75) is 32.2 Å². The first-order valence-corrected chi connectivity index (χ1v) is 6.03. The van der Waals surface area contributed by atoms with Gasteiger partial charge in [-0.25, -0.2) is 0 Å². The van der Waals surface area contributed by atoms with Gasteiger partial charge in [0.1, 0.15) is 5.76 Å². The summed E-state index contributed by atoms with van der Waals surface area (Å²) in [6.07, 6.45) is 10.5. The first-order valence-electron chi connectivity index (χ1n) is 6.03. The standard InChI is InChI=1S/C13H21NO/c1-3-9-14-10-5-7-11-6-4-8-12(15-2)13(11)14/h4,6,8,11,13H,3,5,7,9-10H2,1-2H3. The summed E-state index contributed by atoms with van der Waals surface area (Å²) in [5.41, 5.74) is 0. The molecule has 2 atom stereocenters. The lowest BCUT2D eigenvalue weighted by molar-refractivity contribution is 0.0880. The topological polar surface area (TPSA) is 12.5 Å². The molecule has 0 saturated carbocycles. The van der Waals surface area contributed by atoms with Crippen LogP contribution in [0.2, 0.25) is 0 Å². The number of hydrogen-bond donors (Lipinski definition) is 0. The molecule has 0 aromatic carbocycles. The quantitative estimate of drug-likeness (QED) is 0.705. The first kappa shape index (κ1) is 10.7. The van der Waals surface area contributed by atoms with E-state index < -0.39 is 0 Å². The van der Waals surface area contributed by atoms with E-state index in [1.165, 1.54) is 32.4 Å². The normalized spacial score (nSPS) is 30.9. The van der Waals surface area contributed by atoms with E-state index >= 15 is 0 Å². The van der Waals surface area contributed by atoms with Crippen LogP contribution in [0.25, 0.3) is 0 Å². The van der Waals surface area contributed by atoms with Gasteiger partial charge in [-0.3, -0.25) is 4.90 Å². The third-order valence-electron chi connectivity index (χ3n) is 3.44. The summed E-state index contributed by atoms with van der Waals surface area (Å²) in [5, 5.41) is 0. The Labute approximate surface area is 92.6 Å². The van der Waals surface area contributed by atoms with Gasteiger partial charge in [0, 0.05) is 0 Å². The van der Waals surface area contributed by atoms with E-state index in [1.54, 1.807) is 7.11 Å². The Hall–Kier alpha value is -0.760. The van der Waals surface area contributed by atoms with Gasteiger partial charge < -0.3 is 4.74 Å². The molecular weight excluding hydrogens is 186 g/mol. The molecule has 0 radical (unpaired) electrons. The molecule has 1 saturated heterocycles. The lowest BCUT2D eigenvalue weighted by atomic mass is 9.85. The number of hydrogen-bond acceptors (Lipinski definition) is 2. The fourth-order valence-corrected chi connectivity index (χ4v) is 2.81. The van der Waals surface area contributed by atoms with Crippen LogP contribution in [0.5, 0.6) is 0 Å². The Bertz CT molecular complexity index is 268. The van der Waals surface area contributed by atoms with E-state index in [4.69, 9.17) is 4.74 Å². The number of likely N-dealkylation sites (tertiary alicyclic amines) is 1. The van der Waals surface area contributed by atoms with Crippen LogP contribution in [0.1, 0.15) is 26.2 Å². The summed E-state index contributed by atoms with van der Waals surface area (Å²) in [6, 6.07) is 0.508. The van der Waals surface area contributed by atoms with Crippen LogP contribution < -0.4 is 0 Å². The van der Waals surface area contributed by atoms with Crippen LogP contribution in [0.15, 0.2) is 24.0 Å². The Morgan fingerprint density at radius 2 is 2.40 bits per heavy atom. The van der Waals surface area contributed by atoms with Gasteiger partial charge in [-0.1, -0.05) is 19.1 Å². The minimum atomic E-state index is 0.508. The first-order chi connectivity index (χ1) is 7.36. The number of ether oxygens (including phenoxy) is 1. The van der Waals surface area contributed by atoms with Gasteiger partial charge in [0.25, 0.3) is 0 Å². The third kappa shape index (κ3) is 2.10. The van der Waals surface area contributed by atoms with Crippen molar-refractivity contribution in [3.8, 4) is 0 Å². The lowest BCUT2D eigenvalue weighted by Crippen LogP contribution is -2.47. The van der Waals surface area contributed by atoms with E-state index in [2.05, 4.69) is 30.1 Å². The number of nitrogens with zero attached hydrogens (tertiary/aromatic N) is 1. The average Bonchev–Trinajstić information content (AvgIpc) is 2.29. The molecule has 2 heteroatoms. The zero-order chi connectivity index (χ0) is 10.7. The van der Waals surface area contributed by atoms with Gasteiger partial charge in [0.15, 0.2) is 0 Å². The molecule has 0 N–H and O–H groups in total.